The van der Waals surface area contributed by atoms with Crippen LogP contribution in [0.2, 0.25) is 0 Å². The molecule has 0 radical (unpaired) electrons. The Kier molecular flexibility index (Phi) is 3.70. The summed E-state index contributed by atoms with van der Waals surface area (Å²) in [6.07, 6.45) is 0.872. The molecule has 1 aliphatic rings. The maximum absolute atomic E-state index is 12.5. The van der Waals surface area contributed by atoms with E-state index in [4.69, 9.17) is 4.74 Å². The van der Waals surface area contributed by atoms with Crippen molar-refractivity contribution < 1.29 is 13.2 Å². The summed E-state index contributed by atoms with van der Waals surface area (Å²) in [5.41, 5.74) is 3.19. The maximum atomic E-state index is 12.5. The van der Waals surface area contributed by atoms with Crippen LogP contribution in [-0.4, -0.2) is 24.8 Å². The number of sulfonamides is 1. The van der Waals surface area contributed by atoms with Gasteiger partial charge in [-0.05, 0) is 31.0 Å². The van der Waals surface area contributed by atoms with Crippen molar-refractivity contribution in [1.29, 1.82) is 0 Å². The molecule has 0 spiro atoms. The topological polar surface area (TPSA) is 73.2 Å². The molecular weight excluding hydrogens is 302 g/mol. The SMILES string of the molecule is Cc1nn(C)c(C)c1S(=O)(=O)NCc1ccc2c(c1)CCO2. The summed E-state index contributed by atoms with van der Waals surface area (Å²) in [5, 5.41) is 4.16. The van der Waals surface area contributed by atoms with Crippen LogP contribution in [0.3, 0.4) is 0 Å². The molecule has 2 aromatic rings. The Morgan fingerprint density at radius 1 is 1.36 bits per heavy atom. The van der Waals surface area contributed by atoms with E-state index in [1.165, 1.54) is 0 Å². The number of nitrogens with zero attached hydrogens (tertiary/aromatic N) is 2. The first-order chi connectivity index (χ1) is 10.4. The maximum Gasteiger partial charge on any atom is 0.244 e. The number of fused-ring (bicyclic) bond motifs is 1. The predicted molar refractivity (Wildman–Crippen MR) is 82.3 cm³/mol. The van der Waals surface area contributed by atoms with Gasteiger partial charge in [0.15, 0.2) is 0 Å². The molecule has 0 atom stereocenters. The minimum Gasteiger partial charge on any atom is -0.493 e. The van der Waals surface area contributed by atoms with E-state index in [2.05, 4.69) is 9.82 Å². The summed E-state index contributed by atoms with van der Waals surface area (Å²) in [5.74, 6) is 0.894. The van der Waals surface area contributed by atoms with Gasteiger partial charge in [0.2, 0.25) is 10.0 Å². The summed E-state index contributed by atoms with van der Waals surface area (Å²) in [6, 6.07) is 5.77. The number of rotatable bonds is 4. The van der Waals surface area contributed by atoms with Crippen LogP contribution >= 0.6 is 0 Å². The highest BCUT2D eigenvalue weighted by molar-refractivity contribution is 7.89. The second-order valence-electron chi connectivity index (χ2n) is 5.49. The Morgan fingerprint density at radius 3 is 2.82 bits per heavy atom. The molecule has 7 heteroatoms. The van der Waals surface area contributed by atoms with Gasteiger partial charge in [-0.2, -0.15) is 5.10 Å². The predicted octanol–water partition coefficient (Wildman–Crippen LogP) is 1.45. The average Bonchev–Trinajstić information content (AvgIpc) is 3.01. The van der Waals surface area contributed by atoms with Crippen molar-refractivity contribution in [3.63, 3.8) is 0 Å². The van der Waals surface area contributed by atoms with Gasteiger partial charge in [0.05, 0.1) is 18.0 Å². The number of aromatic nitrogens is 2. The number of nitrogens with one attached hydrogen (secondary N) is 1. The third-order valence-electron chi connectivity index (χ3n) is 3.93. The zero-order valence-electron chi connectivity index (χ0n) is 12.9. The van der Waals surface area contributed by atoms with E-state index in [9.17, 15) is 8.42 Å². The van der Waals surface area contributed by atoms with Crippen molar-refractivity contribution >= 4 is 10.0 Å². The van der Waals surface area contributed by atoms with Crippen LogP contribution in [0.5, 0.6) is 5.75 Å². The van der Waals surface area contributed by atoms with Gasteiger partial charge in [0.1, 0.15) is 10.6 Å². The van der Waals surface area contributed by atoms with E-state index >= 15 is 0 Å². The van der Waals surface area contributed by atoms with E-state index in [1.807, 2.05) is 18.2 Å². The van der Waals surface area contributed by atoms with Crippen molar-refractivity contribution in [1.82, 2.24) is 14.5 Å². The minimum absolute atomic E-state index is 0.253. The highest BCUT2D eigenvalue weighted by Gasteiger charge is 2.23. The molecule has 3 rings (SSSR count). The first-order valence-electron chi connectivity index (χ1n) is 7.13. The first kappa shape index (κ1) is 15.1. The molecule has 118 valence electrons. The zero-order valence-corrected chi connectivity index (χ0v) is 13.7. The quantitative estimate of drug-likeness (QED) is 0.925. The molecule has 1 N–H and O–H groups in total. The lowest BCUT2D eigenvalue weighted by Crippen LogP contribution is -2.24. The lowest BCUT2D eigenvalue weighted by molar-refractivity contribution is 0.357. The third kappa shape index (κ3) is 2.62. The van der Waals surface area contributed by atoms with E-state index in [0.717, 1.165) is 23.3 Å². The van der Waals surface area contributed by atoms with Gasteiger partial charge in [-0.15, -0.1) is 0 Å². The largest absolute Gasteiger partial charge is 0.493 e. The Morgan fingerprint density at radius 2 is 2.14 bits per heavy atom. The van der Waals surface area contributed by atoms with Crippen molar-refractivity contribution in [3.8, 4) is 5.75 Å². The molecule has 0 saturated heterocycles. The van der Waals surface area contributed by atoms with Crippen LogP contribution in [0.4, 0.5) is 0 Å². The number of aryl methyl sites for hydroxylation is 2. The summed E-state index contributed by atoms with van der Waals surface area (Å²) in [6.45, 7) is 4.40. The summed E-state index contributed by atoms with van der Waals surface area (Å²) < 4.78 is 34.7. The number of ether oxygens (including phenoxy) is 1. The fourth-order valence-corrected chi connectivity index (χ4v) is 4.20. The van der Waals surface area contributed by atoms with Gasteiger partial charge >= 0.3 is 0 Å². The van der Waals surface area contributed by atoms with Crippen molar-refractivity contribution in [2.45, 2.75) is 31.7 Å². The Balaban J connectivity index is 1.80. The number of benzene rings is 1. The van der Waals surface area contributed by atoms with Crippen LogP contribution in [0.1, 0.15) is 22.5 Å². The smallest absolute Gasteiger partial charge is 0.244 e. The molecule has 6 nitrogen and oxygen atoms in total. The molecule has 0 saturated carbocycles. The number of hydrogen-bond acceptors (Lipinski definition) is 4. The third-order valence-corrected chi connectivity index (χ3v) is 5.58. The molecule has 0 bridgehead atoms. The highest BCUT2D eigenvalue weighted by Crippen LogP contribution is 2.26. The molecule has 1 aliphatic heterocycles. The zero-order chi connectivity index (χ0) is 15.9. The molecular formula is C15H19N3O3S. The van der Waals surface area contributed by atoms with Crippen LogP contribution in [0, 0.1) is 13.8 Å². The van der Waals surface area contributed by atoms with E-state index in [1.54, 1.807) is 25.6 Å². The lowest BCUT2D eigenvalue weighted by Gasteiger charge is -2.08. The van der Waals surface area contributed by atoms with Crippen LogP contribution in [0.25, 0.3) is 0 Å². The summed E-state index contributed by atoms with van der Waals surface area (Å²) in [7, 11) is -1.84. The first-order valence-corrected chi connectivity index (χ1v) is 8.61. The monoisotopic (exact) mass is 321 g/mol. The highest BCUT2D eigenvalue weighted by atomic mass is 32.2. The van der Waals surface area contributed by atoms with Crippen molar-refractivity contribution in [2.75, 3.05) is 6.61 Å². The normalized spacial score (nSPS) is 14.0. The van der Waals surface area contributed by atoms with Gasteiger partial charge in [0, 0.05) is 20.0 Å². The van der Waals surface area contributed by atoms with Gasteiger partial charge in [0.25, 0.3) is 0 Å². The summed E-state index contributed by atoms with van der Waals surface area (Å²) in [4.78, 5) is 0.263. The van der Waals surface area contributed by atoms with E-state index < -0.39 is 10.0 Å². The lowest BCUT2D eigenvalue weighted by atomic mass is 10.1. The fraction of sp³-hybridized carbons (Fsp3) is 0.400. The minimum atomic E-state index is -3.58. The van der Waals surface area contributed by atoms with Crippen LogP contribution < -0.4 is 9.46 Å². The molecule has 1 aromatic carbocycles. The Labute approximate surface area is 130 Å². The molecule has 1 aromatic heterocycles. The molecule has 0 unspecified atom stereocenters. The van der Waals surface area contributed by atoms with Crippen LogP contribution in [-0.2, 0) is 30.0 Å². The van der Waals surface area contributed by atoms with Gasteiger partial charge in [-0.1, -0.05) is 12.1 Å². The Bertz CT molecular complexity index is 825. The van der Waals surface area contributed by atoms with Gasteiger partial charge in [-0.3, -0.25) is 4.68 Å². The van der Waals surface area contributed by atoms with E-state index in [-0.39, 0.29) is 11.4 Å². The fourth-order valence-electron chi connectivity index (χ4n) is 2.74. The van der Waals surface area contributed by atoms with Crippen molar-refractivity contribution in [3.05, 3.63) is 40.7 Å². The average molecular weight is 321 g/mol. The molecule has 0 amide bonds. The van der Waals surface area contributed by atoms with Gasteiger partial charge in [-0.25, -0.2) is 13.1 Å². The second-order valence-corrected chi connectivity index (χ2v) is 7.19. The van der Waals surface area contributed by atoms with Crippen LogP contribution in [0.15, 0.2) is 23.1 Å². The molecule has 0 aliphatic carbocycles. The molecule has 0 fully saturated rings. The van der Waals surface area contributed by atoms with Crippen molar-refractivity contribution in [2.24, 2.45) is 7.05 Å². The molecule has 22 heavy (non-hydrogen) atoms. The number of hydrogen-bond donors (Lipinski definition) is 1. The summed E-state index contributed by atoms with van der Waals surface area (Å²) >= 11 is 0. The van der Waals surface area contributed by atoms with E-state index in [0.29, 0.717) is 18.0 Å². The molecule has 2 heterocycles. The second kappa shape index (κ2) is 5.40. The van der Waals surface area contributed by atoms with Gasteiger partial charge < -0.3 is 4.74 Å². The Hall–Kier alpha value is -1.86. The standard InChI is InChI=1S/C15H19N3O3S/c1-10-15(11(2)18(3)17-10)22(19,20)16-9-12-4-5-14-13(8-12)6-7-21-14/h4-5,8,16H,6-7,9H2,1-3H3.